The summed E-state index contributed by atoms with van der Waals surface area (Å²) in [7, 11) is 0. The Morgan fingerprint density at radius 1 is 1.43 bits per heavy atom. The van der Waals surface area contributed by atoms with Crippen LogP contribution in [0.4, 0.5) is 4.39 Å². The molecule has 1 aliphatic carbocycles. The van der Waals surface area contributed by atoms with E-state index in [2.05, 4.69) is 20.8 Å². The highest BCUT2D eigenvalue weighted by atomic mass is 35.5. The van der Waals surface area contributed by atoms with Gasteiger partial charge in [-0.05, 0) is 35.4 Å². The molecule has 0 aliphatic heterocycles. The van der Waals surface area contributed by atoms with E-state index in [1.165, 1.54) is 30.7 Å². The number of thioether (sulfide) groups is 1. The number of nitrogens with one attached hydrogen (secondary N) is 1. The third-order valence-corrected chi connectivity index (χ3v) is 4.58. The quantitative estimate of drug-likeness (QED) is 0.792. The van der Waals surface area contributed by atoms with Crippen molar-refractivity contribution in [2.24, 2.45) is 0 Å². The number of hydrogen-bond donors (Lipinski definition) is 1. The van der Waals surface area contributed by atoms with E-state index in [1.807, 2.05) is 0 Å². The Morgan fingerprint density at radius 3 is 3.05 bits per heavy atom. The van der Waals surface area contributed by atoms with Crippen molar-refractivity contribution in [1.82, 2.24) is 25.5 Å². The van der Waals surface area contributed by atoms with E-state index in [1.54, 1.807) is 16.8 Å². The van der Waals surface area contributed by atoms with Crippen LogP contribution in [-0.2, 0) is 12.3 Å². The molecule has 5 nitrogen and oxygen atoms in total. The molecular formula is C13H15ClFN5S. The van der Waals surface area contributed by atoms with Crippen molar-refractivity contribution in [3.05, 3.63) is 34.6 Å². The standard InChI is InChI=1S/C13H15ClFN5S/c14-11-2-1-3-12(15)10(11)8-21-13-17-18-19-20(13)7-6-16-9-4-5-9/h1-3,9,16H,4-8H2. The topological polar surface area (TPSA) is 55.6 Å². The van der Waals surface area contributed by atoms with Gasteiger partial charge in [-0.25, -0.2) is 9.07 Å². The number of tetrazole rings is 1. The van der Waals surface area contributed by atoms with Gasteiger partial charge in [0, 0.05) is 28.9 Å². The van der Waals surface area contributed by atoms with Crippen molar-refractivity contribution >= 4 is 23.4 Å². The van der Waals surface area contributed by atoms with Crippen molar-refractivity contribution in [2.75, 3.05) is 6.54 Å². The molecule has 1 aliphatic rings. The smallest absolute Gasteiger partial charge is 0.209 e. The number of rotatable bonds is 7. The zero-order chi connectivity index (χ0) is 14.7. The van der Waals surface area contributed by atoms with Crippen LogP contribution in [0.5, 0.6) is 0 Å². The SMILES string of the molecule is Fc1cccc(Cl)c1CSc1nnnn1CCNC1CC1. The van der Waals surface area contributed by atoms with Crippen LogP contribution < -0.4 is 5.32 Å². The molecule has 1 aromatic heterocycles. The molecule has 0 unspecified atom stereocenters. The molecule has 1 fully saturated rings. The normalized spacial score (nSPS) is 14.6. The molecule has 2 aromatic rings. The van der Waals surface area contributed by atoms with Crippen molar-refractivity contribution < 1.29 is 4.39 Å². The van der Waals surface area contributed by atoms with Gasteiger partial charge in [0.25, 0.3) is 0 Å². The second-order valence-electron chi connectivity index (χ2n) is 4.90. The summed E-state index contributed by atoms with van der Waals surface area (Å²) in [5, 5.41) is 16.1. The van der Waals surface area contributed by atoms with Crippen LogP contribution in [-0.4, -0.2) is 32.8 Å². The molecule has 0 spiro atoms. The summed E-state index contributed by atoms with van der Waals surface area (Å²) >= 11 is 7.40. The van der Waals surface area contributed by atoms with E-state index in [9.17, 15) is 4.39 Å². The minimum atomic E-state index is -0.301. The summed E-state index contributed by atoms with van der Waals surface area (Å²) in [5.74, 6) is 0.103. The molecule has 1 saturated carbocycles. The molecule has 1 heterocycles. The van der Waals surface area contributed by atoms with Crippen LogP contribution in [0.1, 0.15) is 18.4 Å². The molecule has 0 radical (unpaired) electrons. The molecule has 8 heteroatoms. The summed E-state index contributed by atoms with van der Waals surface area (Å²) in [6.45, 7) is 1.54. The molecular weight excluding hydrogens is 313 g/mol. The first-order valence-electron chi connectivity index (χ1n) is 6.79. The van der Waals surface area contributed by atoms with Crippen LogP contribution in [0, 0.1) is 5.82 Å². The monoisotopic (exact) mass is 327 g/mol. The first kappa shape index (κ1) is 14.7. The van der Waals surface area contributed by atoms with Crippen molar-refractivity contribution in [2.45, 2.75) is 36.3 Å². The zero-order valence-electron chi connectivity index (χ0n) is 11.3. The first-order chi connectivity index (χ1) is 10.2. The maximum Gasteiger partial charge on any atom is 0.209 e. The first-order valence-corrected chi connectivity index (χ1v) is 8.15. The van der Waals surface area contributed by atoms with Gasteiger partial charge in [-0.15, -0.1) is 5.10 Å². The zero-order valence-corrected chi connectivity index (χ0v) is 12.9. The van der Waals surface area contributed by atoms with E-state index in [0.29, 0.717) is 34.1 Å². The lowest BCUT2D eigenvalue weighted by molar-refractivity contribution is 0.509. The van der Waals surface area contributed by atoms with Gasteiger partial charge in [-0.3, -0.25) is 0 Å². The van der Waals surface area contributed by atoms with Crippen molar-refractivity contribution in [1.29, 1.82) is 0 Å². The van der Waals surface area contributed by atoms with E-state index < -0.39 is 0 Å². The van der Waals surface area contributed by atoms with Gasteiger partial charge >= 0.3 is 0 Å². The maximum atomic E-state index is 13.7. The van der Waals surface area contributed by atoms with E-state index >= 15 is 0 Å². The molecule has 0 atom stereocenters. The van der Waals surface area contributed by atoms with Crippen LogP contribution in [0.25, 0.3) is 0 Å². The second kappa shape index (κ2) is 6.72. The number of hydrogen-bond acceptors (Lipinski definition) is 5. The Bertz CT molecular complexity index is 596. The highest BCUT2D eigenvalue weighted by Crippen LogP contribution is 2.27. The largest absolute Gasteiger partial charge is 0.312 e. The predicted octanol–water partition coefficient (Wildman–Crippen LogP) is 2.51. The Morgan fingerprint density at radius 2 is 2.29 bits per heavy atom. The van der Waals surface area contributed by atoms with Gasteiger partial charge < -0.3 is 5.32 Å². The van der Waals surface area contributed by atoms with Crippen molar-refractivity contribution in [3.63, 3.8) is 0 Å². The highest BCUT2D eigenvalue weighted by molar-refractivity contribution is 7.98. The fourth-order valence-corrected chi connectivity index (χ4v) is 3.16. The predicted molar refractivity (Wildman–Crippen MR) is 79.8 cm³/mol. The third-order valence-electron chi connectivity index (χ3n) is 3.24. The highest BCUT2D eigenvalue weighted by Gasteiger charge is 2.20. The minimum Gasteiger partial charge on any atom is -0.312 e. The number of benzene rings is 1. The van der Waals surface area contributed by atoms with Crippen LogP contribution in [0.3, 0.4) is 0 Å². The number of nitrogens with zero attached hydrogens (tertiary/aromatic N) is 4. The molecule has 0 saturated heterocycles. The van der Waals surface area contributed by atoms with Crippen LogP contribution in [0.15, 0.2) is 23.4 Å². The third kappa shape index (κ3) is 3.93. The van der Waals surface area contributed by atoms with Gasteiger partial charge in [-0.2, -0.15) is 0 Å². The molecule has 21 heavy (non-hydrogen) atoms. The van der Waals surface area contributed by atoms with Crippen molar-refractivity contribution in [3.8, 4) is 0 Å². The summed E-state index contributed by atoms with van der Waals surface area (Å²) in [6, 6.07) is 5.35. The van der Waals surface area contributed by atoms with E-state index in [0.717, 1.165) is 6.54 Å². The fourth-order valence-electron chi connectivity index (χ4n) is 1.91. The molecule has 112 valence electrons. The van der Waals surface area contributed by atoms with Gasteiger partial charge in [0.1, 0.15) is 5.82 Å². The van der Waals surface area contributed by atoms with E-state index in [-0.39, 0.29) is 5.82 Å². The Hall–Kier alpha value is -1.18. The minimum absolute atomic E-state index is 0.301. The maximum absolute atomic E-state index is 13.7. The van der Waals surface area contributed by atoms with E-state index in [4.69, 9.17) is 11.6 Å². The molecule has 0 amide bonds. The Kier molecular flexibility index (Phi) is 4.72. The molecule has 1 N–H and O–H groups in total. The number of aromatic nitrogens is 4. The lowest BCUT2D eigenvalue weighted by Gasteiger charge is -2.07. The lowest BCUT2D eigenvalue weighted by Crippen LogP contribution is -2.22. The Balaban J connectivity index is 1.58. The molecule has 3 rings (SSSR count). The van der Waals surface area contributed by atoms with Gasteiger partial charge in [-0.1, -0.05) is 29.4 Å². The average Bonchev–Trinajstić information content (AvgIpc) is 3.17. The molecule has 0 bridgehead atoms. The van der Waals surface area contributed by atoms with Gasteiger partial charge in [0.2, 0.25) is 5.16 Å². The van der Waals surface area contributed by atoms with Gasteiger partial charge in [0.15, 0.2) is 0 Å². The summed E-state index contributed by atoms with van der Waals surface area (Å²) < 4.78 is 15.4. The van der Waals surface area contributed by atoms with Crippen LogP contribution >= 0.6 is 23.4 Å². The fraction of sp³-hybridized carbons (Fsp3) is 0.462. The summed E-state index contributed by atoms with van der Waals surface area (Å²) in [6.07, 6.45) is 2.51. The Labute approximate surface area is 131 Å². The van der Waals surface area contributed by atoms with Gasteiger partial charge in [0.05, 0.1) is 6.54 Å². The average molecular weight is 328 g/mol. The second-order valence-corrected chi connectivity index (χ2v) is 6.25. The lowest BCUT2D eigenvalue weighted by atomic mass is 10.2. The summed E-state index contributed by atoms with van der Waals surface area (Å²) in [5.41, 5.74) is 0.481. The molecule has 1 aromatic carbocycles. The summed E-state index contributed by atoms with van der Waals surface area (Å²) in [4.78, 5) is 0. The number of halogens is 2. The van der Waals surface area contributed by atoms with Crippen LogP contribution in [0.2, 0.25) is 5.02 Å².